The molecule has 0 aliphatic rings. The van der Waals surface area contributed by atoms with E-state index in [9.17, 15) is 10.1 Å². The van der Waals surface area contributed by atoms with Crippen LogP contribution in [-0.2, 0) is 0 Å². The van der Waals surface area contributed by atoms with Crippen LogP contribution in [-0.4, -0.2) is 4.92 Å². The van der Waals surface area contributed by atoms with Gasteiger partial charge in [-0.15, -0.1) is 0 Å². The summed E-state index contributed by atoms with van der Waals surface area (Å²) in [7, 11) is 0. The Hall–Kier alpha value is -2.90. The normalized spacial score (nSPS) is 9.88. The van der Waals surface area contributed by atoms with Gasteiger partial charge in [0, 0.05) is 16.1 Å². The minimum absolute atomic E-state index is 0.00455. The molecule has 0 spiro atoms. The number of hydrogen-bond acceptors (Lipinski definition) is 2. The van der Waals surface area contributed by atoms with E-state index < -0.39 is 4.92 Å². The Morgan fingerprint density at radius 3 is 2.33 bits per heavy atom. The molecule has 0 bridgehead atoms. The van der Waals surface area contributed by atoms with Crippen molar-refractivity contribution in [2.75, 3.05) is 0 Å². The van der Waals surface area contributed by atoms with Gasteiger partial charge in [-0.25, -0.2) is 0 Å². The van der Waals surface area contributed by atoms with Gasteiger partial charge in [-0.1, -0.05) is 70.2 Å². The predicted octanol–water partition coefficient (Wildman–Crippen LogP) is 5.42. The van der Waals surface area contributed by atoms with Crippen molar-refractivity contribution in [1.82, 2.24) is 0 Å². The number of halogens is 1. The second-order valence-corrected chi connectivity index (χ2v) is 6.03. The van der Waals surface area contributed by atoms with Gasteiger partial charge < -0.3 is 0 Å². The fraction of sp³-hybridized carbons (Fsp3) is 0. The highest BCUT2D eigenvalue weighted by Crippen LogP contribution is 2.23. The van der Waals surface area contributed by atoms with Crippen LogP contribution in [0.2, 0.25) is 0 Å². The number of nitrogens with zero attached hydrogens (tertiary/aromatic N) is 1. The molecule has 116 valence electrons. The highest BCUT2D eigenvalue weighted by Gasteiger charge is 2.11. The molecule has 0 N–H and O–H groups in total. The van der Waals surface area contributed by atoms with E-state index in [1.165, 1.54) is 6.07 Å². The van der Waals surface area contributed by atoms with Crippen molar-refractivity contribution in [1.29, 1.82) is 0 Å². The highest BCUT2D eigenvalue weighted by molar-refractivity contribution is 9.10. The van der Waals surface area contributed by atoms with E-state index in [4.69, 9.17) is 0 Å². The number of benzene rings is 3. The molecule has 0 aliphatic carbocycles. The first kappa shape index (κ1) is 16.0. The maximum absolute atomic E-state index is 11.1. The minimum atomic E-state index is -0.420. The monoisotopic (exact) mass is 377 g/mol. The van der Waals surface area contributed by atoms with Crippen LogP contribution in [0, 0.1) is 22.0 Å². The molecule has 3 aromatic rings. The summed E-state index contributed by atoms with van der Waals surface area (Å²) < 4.78 is 0.760. The van der Waals surface area contributed by atoms with Gasteiger partial charge in [-0.05, 0) is 35.4 Å². The minimum Gasteiger partial charge on any atom is -0.258 e. The second kappa shape index (κ2) is 7.12. The summed E-state index contributed by atoms with van der Waals surface area (Å²) >= 11 is 3.32. The van der Waals surface area contributed by atoms with E-state index in [0.29, 0.717) is 5.56 Å². The van der Waals surface area contributed by atoms with Crippen LogP contribution in [0.5, 0.6) is 0 Å². The Labute approximate surface area is 148 Å². The molecule has 3 aromatic carbocycles. The fourth-order valence-electron chi connectivity index (χ4n) is 2.31. The zero-order valence-corrected chi connectivity index (χ0v) is 14.2. The smallest absolute Gasteiger partial charge is 0.258 e. The van der Waals surface area contributed by atoms with Gasteiger partial charge in [-0.3, -0.25) is 10.1 Å². The van der Waals surface area contributed by atoms with Crippen LogP contribution < -0.4 is 0 Å². The summed E-state index contributed by atoms with van der Waals surface area (Å²) in [5.74, 6) is 5.93. The molecule has 0 fully saturated rings. The van der Waals surface area contributed by atoms with Crippen LogP contribution in [0.1, 0.15) is 11.1 Å². The molecule has 0 saturated carbocycles. The topological polar surface area (TPSA) is 43.1 Å². The Balaban J connectivity index is 1.98. The molecule has 3 nitrogen and oxygen atoms in total. The molecule has 0 radical (unpaired) electrons. The van der Waals surface area contributed by atoms with Crippen LogP contribution in [0.3, 0.4) is 0 Å². The lowest BCUT2D eigenvalue weighted by Gasteiger charge is -2.01. The molecular formula is C20H12BrNO2. The largest absolute Gasteiger partial charge is 0.285 e. The SMILES string of the molecule is O=[N+]([O-])c1ccc(Br)cc1C#Cc1cccc(-c2ccccc2)c1. The van der Waals surface area contributed by atoms with Crippen LogP contribution in [0.25, 0.3) is 11.1 Å². The van der Waals surface area contributed by atoms with Crippen molar-refractivity contribution < 1.29 is 4.92 Å². The summed E-state index contributed by atoms with van der Waals surface area (Å²) in [6.45, 7) is 0. The maximum Gasteiger partial charge on any atom is 0.285 e. The average Bonchev–Trinajstić information content (AvgIpc) is 2.61. The average molecular weight is 378 g/mol. The van der Waals surface area contributed by atoms with E-state index in [0.717, 1.165) is 21.2 Å². The van der Waals surface area contributed by atoms with Crippen molar-refractivity contribution in [3.05, 3.63) is 98.5 Å². The number of rotatable bonds is 2. The summed E-state index contributed by atoms with van der Waals surface area (Å²) in [5.41, 5.74) is 3.37. The summed E-state index contributed by atoms with van der Waals surface area (Å²) in [4.78, 5) is 10.7. The van der Waals surface area contributed by atoms with Crippen molar-refractivity contribution in [3.63, 3.8) is 0 Å². The summed E-state index contributed by atoms with van der Waals surface area (Å²) in [6.07, 6.45) is 0. The van der Waals surface area contributed by atoms with E-state index in [1.54, 1.807) is 12.1 Å². The van der Waals surface area contributed by atoms with Gasteiger partial charge in [0.15, 0.2) is 0 Å². The highest BCUT2D eigenvalue weighted by atomic mass is 79.9. The van der Waals surface area contributed by atoms with Crippen LogP contribution >= 0.6 is 15.9 Å². The summed E-state index contributed by atoms with van der Waals surface area (Å²) in [5, 5.41) is 11.1. The third-order valence-corrected chi connectivity index (χ3v) is 3.96. The van der Waals surface area contributed by atoms with Gasteiger partial charge in [-0.2, -0.15) is 0 Å². The number of nitro benzene ring substituents is 1. The molecule has 0 aliphatic heterocycles. The third kappa shape index (κ3) is 3.70. The molecule has 24 heavy (non-hydrogen) atoms. The maximum atomic E-state index is 11.1. The molecule has 3 rings (SSSR count). The van der Waals surface area contributed by atoms with Crippen molar-refractivity contribution >= 4 is 21.6 Å². The van der Waals surface area contributed by atoms with Gasteiger partial charge in [0.05, 0.1) is 4.92 Å². The van der Waals surface area contributed by atoms with E-state index in [-0.39, 0.29) is 5.69 Å². The lowest BCUT2D eigenvalue weighted by atomic mass is 10.0. The Bertz CT molecular complexity index is 956. The van der Waals surface area contributed by atoms with Gasteiger partial charge in [0.1, 0.15) is 5.56 Å². The predicted molar refractivity (Wildman–Crippen MR) is 98.7 cm³/mol. The van der Waals surface area contributed by atoms with Gasteiger partial charge in [0.2, 0.25) is 0 Å². The van der Waals surface area contributed by atoms with Crippen LogP contribution in [0.15, 0.2) is 77.3 Å². The lowest BCUT2D eigenvalue weighted by molar-refractivity contribution is -0.385. The molecule has 4 heteroatoms. The summed E-state index contributed by atoms with van der Waals surface area (Å²) in [6, 6.07) is 22.6. The van der Waals surface area contributed by atoms with E-state index in [2.05, 4.69) is 27.8 Å². The number of hydrogen-bond donors (Lipinski definition) is 0. The Morgan fingerprint density at radius 2 is 1.58 bits per heavy atom. The van der Waals surface area contributed by atoms with Crippen molar-refractivity contribution in [2.24, 2.45) is 0 Å². The first-order valence-corrected chi connectivity index (χ1v) is 8.04. The first-order valence-electron chi connectivity index (χ1n) is 7.25. The van der Waals surface area contributed by atoms with Crippen LogP contribution in [0.4, 0.5) is 5.69 Å². The zero-order chi connectivity index (χ0) is 16.9. The fourth-order valence-corrected chi connectivity index (χ4v) is 2.68. The van der Waals surface area contributed by atoms with Crippen molar-refractivity contribution in [2.45, 2.75) is 0 Å². The van der Waals surface area contributed by atoms with Gasteiger partial charge >= 0.3 is 0 Å². The quantitative estimate of drug-likeness (QED) is 0.339. The molecule has 0 saturated heterocycles. The first-order chi connectivity index (χ1) is 11.6. The molecule has 0 atom stereocenters. The van der Waals surface area contributed by atoms with Crippen molar-refractivity contribution in [3.8, 4) is 23.0 Å². The molecule has 0 aromatic heterocycles. The Morgan fingerprint density at radius 1 is 0.833 bits per heavy atom. The van der Waals surface area contributed by atoms with Gasteiger partial charge in [0.25, 0.3) is 5.69 Å². The molecular weight excluding hydrogens is 366 g/mol. The molecule has 0 unspecified atom stereocenters. The molecule has 0 heterocycles. The zero-order valence-electron chi connectivity index (χ0n) is 12.6. The Kier molecular flexibility index (Phi) is 4.74. The second-order valence-electron chi connectivity index (χ2n) is 5.12. The lowest BCUT2D eigenvalue weighted by Crippen LogP contribution is -1.92. The standard InChI is InChI=1S/C20H12BrNO2/c21-19-11-12-20(22(23)24)18(14-19)10-9-15-5-4-8-17(13-15)16-6-2-1-3-7-16/h1-8,11-14H. The van der Waals surface area contributed by atoms with E-state index in [1.807, 2.05) is 54.6 Å². The molecule has 0 amide bonds. The number of nitro groups is 1. The van der Waals surface area contributed by atoms with E-state index >= 15 is 0 Å². The third-order valence-electron chi connectivity index (χ3n) is 3.47.